The van der Waals surface area contributed by atoms with Crippen LogP contribution in [-0.4, -0.2) is 23.5 Å². The van der Waals surface area contributed by atoms with Crippen LogP contribution in [0.3, 0.4) is 0 Å². The van der Waals surface area contributed by atoms with Gasteiger partial charge in [0.15, 0.2) is 0 Å². The molecule has 2 aromatic carbocycles. The molecule has 110 valence electrons. The summed E-state index contributed by atoms with van der Waals surface area (Å²) in [5.74, 6) is 0. The molecule has 2 nitrogen and oxygen atoms in total. The van der Waals surface area contributed by atoms with E-state index in [1.54, 1.807) is 0 Å². The summed E-state index contributed by atoms with van der Waals surface area (Å²) in [5, 5.41) is 0. The highest BCUT2D eigenvalue weighted by molar-refractivity contribution is 5.37. The van der Waals surface area contributed by atoms with E-state index in [2.05, 4.69) is 66.4 Å². The number of hydrogen-bond acceptors (Lipinski definition) is 2. The Hall–Kier alpha value is -1.64. The molecule has 0 saturated carbocycles. The number of hydrogen-bond donors (Lipinski definition) is 1. The smallest absolute Gasteiger partial charge is 0.0415 e. The van der Waals surface area contributed by atoms with Crippen molar-refractivity contribution in [3.63, 3.8) is 0 Å². The molecular weight excluding hydrogens is 256 g/mol. The summed E-state index contributed by atoms with van der Waals surface area (Å²) < 4.78 is 0. The lowest BCUT2D eigenvalue weighted by Gasteiger charge is -2.40. The van der Waals surface area contributed by atoms with E-state index in [0.29, 0.717) is 6.54 Å². The van der Waals surface area contributed by atoms with E-state index in [0.717, 1.165) is 25.9 Å². The minimum atomic E-state index is 0.0777. The Balaban J connectivity index is 1.85. The van der Waals surface area contributed by atoms with Crippen LogP contribution in [0.15, 0.2) is 54.6 Å². The molecule has 2 N–H and O–H groups in total. The van der Waals surface area contributed by atoms with E-state index in [-0.39, 0.29) is 5.54 Å². The Morgan fingerprint density at radius 3 is 2.05 bits per heavy atom. The Morgan fingerprint density at radius 2 is 1.52 bits per heavy atom. The molecule has 2 aromatic rings. The van der Waals surface area contributed by atoms with Gasteiger partial charge in [0.1, 0.15) is 0 Å². The van der Waals surface area contributed by atoms with E-state index in [4.69, 9.17) is 5.73 Å². The Morgan fingerprint density at radius 1 is 0.952 bits per heavy atom. The molecule has 0 spiro atoms. The summed E-state index contributed by atoms with van der Waals surface area (Å²) in [7, 11) is 0. The zero-order valence-electron chi connectivity index (χ0n) is 12.8. The van der Waals surface area contributed by atoms with E-state index in [9.17, 15) is 0 Å². The van der Waals surface area contributed by atoms with E-state index in [1.807, 2.05) is 0 Å². The van der Waals surface area contributed by atoms with Crippen molar-refractivity contribution in [1.82, 2.24) is 4.90 Å². The summed E-state index contributed by atoms with van der Waals surface area (Å²) in [4.78, 5) is 2.56. The zero-order valence-corrected chi connectivity index (χ0v) is 12.8. The zero-order chi connectivity index (χ0) is 14.7. The minimum absolute atomic E-state index is 0.0777. The maximum atomic E-state index is 6.24. The van der Waals surface area contributed by atoms with E-state index >= 15 is 0 Å². The molecule has 0 atom stereocenters. The van der Waals surface area contributed by atoms with Gasteiger partial charge in [0.2, 0.25) is 0 Å². The van der Waals surface area contributed by atoms with Gasteiger partial charge in [0.05, 0.1) is 0 Å². The van der Waals surface area contributed by atoms with Gasteiger partial charge in [0.25, 0.3) is 0 Å². The van der Waals surface area contributed by atoms with Gasteiger partial charge in [-0.3, -0.25) is 4.90 Å². The van der Waals surface area contributed by atoms with Crippen LogP contribution < -0.4 is 5.73 Å². The first-order valence-electron chi connectivity index (χ1n) is 7.83. The fraction of sp³-hybridized carbons (Fsp3) is 0.368. The molecule has 0 saturated heterocycles. The van der Waals surface area contributed by atoms with Crippen LogP contribution in [0.4, 0.5) is 0 Å². The van der Waals surface area contributed by atoms with Gasteiger partial charge in [-0.15, -0.1) is 0 Å². The molecule has 0 radical (unpaired) electrons. The topological polar surface area (TPSA) is 29.3 Å². The van der Waals surface area contributed by atoms with Crippen LogP contribution in [0.25, 0.3) is 0 Å². The number of rotatable bonds is 5. The van der Waals surface area contributed by atoms with Crippen molar-refractivity contribution in [2.45, 2.75) is 31.8 Å². The van der Waals surface area contributed by atoms with Gasteiger partial charge in [-0.05, 0) is 36.1 Å². The lowest BCUT2D eigenvalue weighted by atomic mass is 9.92. The van der Waals surface area contributed by atoms with Crippen molar-refractivity contribution in [3.8, 4) is 0 Å². The molecule has 21 heavy (non-hydrogen) atoms. The van der Waals surface area contributed by atoms with Crippen molar-refractivity contribution in [3.05, 3.63) is 71.3 Å². The number of likely N-dealkylation sites (N-methyl/N-ethyl adjacent to an activating group) is 1. The van der Waals surface area contributed by atoms with Crippen LogP contribution in [0.1, 0.15) is 23.6 Å². The Labute approximate surface area is 127 Å². The SMILES string of the molecule is CCN(Cc1ccccc1)C1(CN)Cc2ccccc2C1. The van der Waals surface area contributed by atoms with Gasteiger partial charge < -0.3 is 5.73 Å². The average molecular weight is 280 g/mol. The van der Waals surface area contributed by atoms with Crippen LogP contribution in [0.5, 0.6) is 0 Å². The maximum Gasteiger partial charge on any atom is 0.0415 e. The van der Waals surface area contributed by atoms with Crippen LogP contribution in [-0.2, 0) is 19.4 Å². The van der Waals surface area contributed by atoms with E-state index in [1.165, 1.54) is 16.7 Å². The fourth-order valence-electron chi connectivity index (χ4n) is 3.59. The third kappa shape index (κ3) is 2.74. The standard InChI is InChI=1S/C19H24N2/c1-2-21(14-16-8-4-3-5-9-16)19(15-20)12-17-10-6-7-11-18(17)13-19/h3-11H,2,12-15,20H2,1H3. The Kier molecular flexibility index (Phi) is 4.09. The highest BCUT2D eigenvalue weighted by Gasteiger charge is 2.40. The molecule has 0 aromatic heterocycles. The quantitative estimate of drug-likeness (QED) is 0.912. The second-order valence-corrected chi connectivity index (χ2v) is 6.05. The molecule has 0 amide bonds. The first-order chi connectivity index (χ1) is 10.3. The second kappa shape index (κ2) is 6.00. The highest BCUT2D eigenvalue weighted by atomic mass is 15.2. The molecule has 0 unspecified atom stereocenters. The average Bonchev–Trinajstić information content (AvgIpc) is 2.93. The number of benzene rings is 2. The van der Waals surface area contributed by atoms with Gasteiger partial charge >= 0.3 is 0 Å². The van der Waals surface area contributed by atoms with Crippen LogP contribution >= 0.6 is 0 Å². The first-order valence-corrected chi connectivity index (χ1v) is 7.83. The summed E-state index contributed by atoms with van der Waals surface area (Å²) in [6, 6.07) is 19.5. The van der Waals surface area contributed by atoms with Gasteiger partial charge in [0, 0.05) is 18.6 Å². The molecular formula is C19H24N2. The third-order valence-electron chi connectivity index (χ3n) is 4.81. The second-order valence-electron chi connectivity index (χ2n) is 6.05. The lowest BCUT2D eigenvalue weighted by Crippen LogP contribution is -2.54. The highest BCUT2D eigenvalue weighted by Crippen LogP contribution is 2.34. The van der Waals surface area contributed by atoms with Crippen molar-refractivity contribution in [1.29, 1.82) is 0 Å². The normalized spacial score (nSPS) is 16.1. The van der Waals surface area contributed by atoms with Gasteiger partial charge in [-0.1, -0.05) is 61.5 Å². The molecule has 1 aliphatic carbocycles. The first kappa shape index (κ1) is 14.3. The lowest BCUT2D eigenvalue weighted by molar-refractivity contribution is 0.100. The molecule has 1 aliphatic rings. The monoisotopic (exact) mass is 280 g/mol. The largest absolute Gasteiger partial charge is 0.329 e. The maximum absolute atomic E-state index is 6.24. The molecule has 0 bridgehead atoms. The van der Waals surface area contributed by atoms with Crippen molar-refractivity contribution < 1.29 is 0 Å². The summed E-state index contributed by atoms with van der Waals surface area (Å²) in [5.41, 5.74) is 10.6. The molecule has 0 heterocycles. The predicted molar refractivity (Wildman–Crippen MR) is 88.2 cm³/mol. The van der Waals surface area contributed by atoms with E-state index < -0.39 is 0 Å². The number of nitrogens with zero attached hydrogens (tertiary/aromatic N) is 1. The van der Waals surface area contributed by atoms with Crippen LogP contribution in [0, 0.1) is 0 Å². The number of fused-ring (bicyclic) bond motifs is 1. The molecule has 0 aliphatic heterocycles. The predicted octanol–water partition coefficient (Wildman–Crippen LogP) is 3.00. The summed E-state index contributed by atoms with van der Waals surface area (Å²) >= 11 is 0. The third-order valence-corrected chi connectivity index (χ3v) is 4.81. The summed E-state index contributed by atoms with van der Waals surface area (Å²) in [6.07, 6.45) is 2.14. The van der Waals surface area contributed by atoms with Crippen molar-refractivity contribution in [2.75, 3.05) is 13.1 Å². The Bertz CT molecular complexity index is 567. The van der Waals surface area contributed by atoms with Gasteiger partial charge in [-0.2, -0.15) is 0 Å². The van der Waals surface area contributed by atoms with Crippen molar-refractivity contribution in [2.24, 2.45) is 5.73 Å². The molecule has 2 heteroatoms. The van der Waals surface area contributed by atoms with Gasteiger partial charge in [-0.25, -0.2) is 0 Å². The van der Waals surface area contributed by atoms with Crippen LogP contribution in [0.2, 0.25) is 0 Å². The van der Waals surface area contributed by atoms with Crippen molar-refractivity contribution >= 4 is 0 Å². The molecule has 0 fully saturated rings. The molecule has 3 rings (SSSR count). The fourth-order valence-corrected chi connectivity index (χ4v) is 3.59. The minimum Gasteiger partial charge on any atom is -0.329 e. The number of nitrogens with two attached hydrogens (primary N) is 1. The summed E-state index contributed by atoms with van der Waals surface area (Å²) in [6.45, 7) is 4.95.